The second-order valence-corrected chi connectivity index (χ2v) is 13.1. The van der Waals surface area contributed by atoms with Crippen molar-refractivity contribution in [3.8, 4) is 21.7 Å². The maximum Gasteiger partial charge on any atom is 0.435 e. The zero-order valence-corrected chi connectivity index (χ0v) is 27.5. The number of amides is 2. The molecule has 0 unspecified atom stereocenters. The first-order valence-electron chi connectivity index (χ1n) is 15.5. The summed E-state index contributed by atoms with van der Waals surface area (Å²) in [4.78, 5) is 42.9. The summed E-state index contributed by atoms with van der Waals surface area (Å²) < 4.78 is 115. The molecular formula is C34H22F8N8O2S. The van der Waals surface area contributed by atoms with E-state index < -0.39 is 95.7 Å². The number of hydrogen-bond donors (Lipinski definition) is 2. The lowest BCUT2D eigenvalue weighted by molar-refractivity contribution is -0.142. The summed E-state index contributed by atoms with van der Waals surface area (Å²) in [5.41, 5.74) is 2.47. The second kappa shape index (κ2) is 13.3. The van der Waals surface area contributed by atoms with Crippen LogP contribution < -0.4 is 11.1 Å². The number of nitrogens with one attached hydrogen (secondary N) is 1. The molecule has 2 amide bonds. The van der Waals surface area contributed by atoms with E-state index in [1.54, 1.807) is 6.07 Å². The number of rotatable bonds is 9. The minimum atomic E-state index is -5.08. The van der Waals surface area contributed by atoms with Crippen LogP contribution in [0, 0.1) is 17.5 Å². The van der Waals surface area contributed by atoms with Crippen LogP contribution in [-0.2, 0) is 36.3 Å². The van der Waals surface area contributed by atoms with Crippen molar-refractivity contribution in [2.24, 2.45) is 5.73 Å². The number of benzene rings is 2. The van der Waals surface area contributed by atoms with Crippen molar-refractivity contribution in [1.82, 2.24) is 35.0 Å². The molecule has 2 aromatic carbocycles. The Balaban J connectivity index is 1.37. The van der Waals surface area contributed by atoms with Gasteiger partial charge in [0, 0.05) is 41.6 Å². The molecule has 1 atom stereocenters. The Labute approximate surface area is 296 Å². The number of aromatic nitrogens is 6. The van der Waals surface area contributed by atoms with Crippen molar-refractivity contribution in [2.45, 2.75) is 43.9 Å². The van der Waals surface area contributed by atoms with Gasteiger partial charge in [-0.2, -0.15) is 27.1 Å². The number of fused-ring (bicyclic) bond motifs is 2. The van der Waals surface area contributed by atoms with Crippen LogP contribution in [-0.4, -0.2) is 41.5 Å². The third-order valence-corrected chi connectivity index (χ3v) is 9.48. The smallest absolute Gasteiger partial charge is 0.366 e. The highest BCUT2D eigenvalue weighted by atomic mass is 32.1. The van der Waals surface area contributed by atoms with Gasteiger partial charge in [-0.05, 0) is 54.3 Å². The molecule has 1 aliphatic rings. The lowest BCUT2D eigenvalue weighted by Crippen LogP contribution is -2.35. The molecule has 6 aromatic rings. The Bertz CT molecular complexity index is 2400. The number of nitrogens with zero attached hydrogens (tertiary/aromatic N) is 6. The second-order valence-electron chi connectivity index (χ2n) is 12.1. The number of thiazole rings is 1. The standard InChI is InChI=1S/C34H22F8N8O2S/c35-18-5-15(6-19(36)9-18)7-24(46-26(51)13-50-29-20(3-4-33(29,38)39)28(49-50)34(40,41)42)27-21(16-1-2-23(37)22(8-16)30(43)52)10-25-31(47-27)48-32(53-25)17-11-44-14-45-12-17/h1-2,5-6,8-12,14,24H,3-4,7,13H2,(H2,43,52)(H,46,51)/t24-/m0/s1. The fourth-order valence-electron chi connectivity index (χ4n) is 6.23. The summed E-state index contributed by atoms with van der Waals surface area (Å²) >= 11 is 1.15. The van der Waals surface area contributed by atoms with E-state index in [4.69, 9.17) is 5.73 Å². The van der Waals surface area contributed by atoms with Crippen LogP contribution in [0.4, 0.5) is 35.1 Å². The van der Waals surface area contributed by atoms with Crippen molar-refractivity contribution in [3.63, 3.8) is 0 Å². The highest BCUT2D eigenvalue weighted by Crippen LogP contribution is 2.46. The quantitative estimate of drug-likeness (QED) is 0.157. The summed E-state index contributed by atoms with van der Waals surface area (Å²) in [7, 11) is 0. The SMILES string of the molecule is NC(=O)c1cc(-c2cc3sc(-c4cncnc4)nc3nc2[C@H](Cc2cc(F)cc(F)c2)NC(=O)Cn2nc(C(F)(F)F)c3c2C(F)(F)CC3)ccc1F. The van der Waals surface area contributed by atoms with E-state index in [1.807, 2.05) is 0 Å². The minimum Gasteiger partial charge on any atom is -0.366 e. The molecule has 0 radical (unpaired) electrons. The van der Waals surface area contributed by atoms with E-state index in [2.05, 4.69) is 30.4 Å². The van der Waals surface area contributed by atoms with Crippen LogP contribution >= 0.6 is 11.3 Å². The van der Waals surface area contributed by atoms with E-state index in [-0.39, 0.29) is 28.0 Å². The zero-order chi connectivity index (χ0) is 37.8. The summed E-state index contributed by atoms with van der Waals surface area (Å²) in [6, 6.07) is 6.10. The molecule has 0 spiro atoms. The summed E-state index contributed by atoms with van der Waals surface area (Å²) in [5, 5.41) is 6.30. The Kier molecular flexibility index (Phi) is 8.91. The molecule has 0 fully saturated rings. The number of hydrogen-bond acceptors (Lipinski definition) is 8. The number of alkyl halides is 5. The van der Waals surface area contributed by atoms with Crippen molar-refractivity contribution in [2.75, 3.05) is 0 Å². The van der Waals surface area contributed by atoms with Gasteiger partial charge in [0.1, 0.15) is 41.0 Å². The summed E-state index contributed by atoms with van der Waals surface area (Å²) in [6.45, 7) is -1.10. The lowest BCUT2D eigenvalue weighted by Gasteiger charge is -2.22. The van der Waals surface area contributed by atoms with Gasteiger partial charge in [-0.25, -0.2) is 33.1 Å². The van der Waals surface area contributed by atoms with Crippen LogP contribution in [0.1, 0.15) is 51.0 Å². The predicted molar refractivity (Wildman–Crippen MR) is 173 cm³/mol. The Hall–Kier alpha value is -5.85. The molecule has 19 heteroatoms. The van der Waals surface area contributed by atoms with Gasteiger partial charge >= 0.3 is 6.18 Å². The lowest BCUT2D eigenvalue weighted by atomic mass is 9.94. The van der Waals surface area contributed by atoms with Crippen LogP contribution in [0.15, 0.2) is 61.2 Å². The first kappa shape index (κ1) is 35.5. The third-order valence-electron chi connectivity index (χ3n) is 8.44. The molecule has 0 saturated heterocycles. The van der Waals surface area contributed by atoms with Gasteiger partial charge < -0.3 is 11.1 Å². The molecule has 0 bridgehead atoms. The average molecular weight is 759 g/mol. The van der Waals surface area contributed by atoms with E-state index in [9.17, 15) is 44.7 Å². The molecule has 0 saturated carbocycles. The van der Waals surface area contributed by atoms with Gasteiger partial charge in [-0.15, -0.1) is 11.3 Å². The van der Waals surface area contributed by atoms with Gasteiger partial charge in [0.2, 0.25) is 5.91 Å². The van der Waals surface area contributed by atoms with E-state index >= 15 is 0 Å². The predicted octanol–water partition coefficient (Wildman–Crippen LogP) is 6.69. The van der Waals surface area contributed by atoms with Crippen molar-refractivity contribution >= 4 is 33.5 Å². The number of carbonyl (C=O) groups is 2. The van der Waals surface area contributed by atoms with E-state index in [1.165, 1.54) is 24.8 Å². The zero-order valence-electron chi connectivity index (χ0n) is 26.7. The van der Waals surface area contributed by atoms with Crippen molar-refractivity contribution in [3.05, 3.63) is 112 Å². The first-order valence-corrected chi connectivity index (χ1v) is 16.3. The Morgan fingerprint density at radius 3 is 2.38 bits per heavy atom. The first-order chi connectivity index (χ1) is 25.1. The molecule has 10 nitrogen and oxygen atoms in total. The average Bonchev–Trinajstić information content (AvgIpc) is 3.77. The molecule has 4 heterocycles. The van der Waals surface area contributed by atoms with Gasteiger partial charge in [-0.1, -0.05) is 6.07 Å². The van der Waals surface area contributed by atoms with Gasteiger partial charge in [0.25, 0.3) is 11.8 Å². The molecule has 7 rings (SSSR count). The number of carbonyl (C=O) groups excluding carboxylic acids is 2. The Morgan fingerprint density at radius 1 is 0.981 bits per heavy atom. The fraction of sp³-hybridized carbons (Fsp3) is 0.206. The van der Waals surface area contributed by atoms with E-state index in [0.717, 1.165) is 35.6 Å². The number of nitrogens with two attached hydrogens (primary N) is 1. The minimum absolute atomic E-state index is 0.0103. The molecule has 0 aliphatic heterocycles. The maximum atomic E-state index is 14.9. The number of pyridine rings is 1. The van der Waals surface area contributed by atoms with Crippen LogP contribution in [0.25, 0.3) is 32.0 Å². The maximum absolute atomic E-state index is 14.9. The molecule has 4 aromatic heterocycles. The molecule has 272 valence electrons. The van der Waals surface area contributed by atoms with Gasteiger partial charge in [0.05, 0.1) is 22.0 Å². The molecule has 53 heavy (non-hydrogen) atoms. The van der Waals surface area contributed by atoms with Gasteiger partial charge in [-0.3, -0.25) is 14.3 Å². The third kappa shape index (κ3) is 7.03. The fourth-order valence-corrected chi connectivity index (χ4v) is 7.16. The summed E-state index contributed by atoms with van der Waals surface area (Å²) in [5.74, 6) is -8.81. The van der Waals surface area contributed by atoms with Crippen LogP contribution in [0.2, 0.25) is 0 Å². The molecular weight excluding hydrogens is 736 g/mol. The highest BCUT2D eigenvalue weighted by molar-refractivity contribution is 7.21. The topological polar surface area (TPSA) is 142 Å². The normalized spacial score (nSPS) is 14.3. The largest absolute Gasteiger partial charge is 0.435 e. The highest BCUT2D eigenvalue weighted by Gasteiger charge is 2.50. The number of primary amides is 1. The number of halogens is 8. The van der Waals surface area contributed by atoms with Crippen molar-refractivity contribution in [1.29, 1.82) is 0 Å². The summed E-state index contributed by atoms with van der Waals surface area (Å²) in [6.07, 6.45) is -2.72. The van der Waals surface area contributed by atoms with Crippen LogP contribution in [0.5, 0.6) is 0 Å². The van der Waals surface area contributed by atoms with Gasteiger partial charge in [0.15, 0.2) is 11.3 Å². The van der Waals surface area contributed by atoms with E-state index in [0.29, 0.717) is 26.0 Å². The Morgan fingerprint density at radius 2 is 1.70 bits per heavy atom. The molecule has 1 aliphatic carbocycles. The molecule has 3 N–H and O–H groups in total. The monoisotopic (exact) mass is 758 g/mol. The van der Waals surface area contributed by atoms with Crippen LogP contribution in [0.3, 0.4) is 0 Å². The van der Waals surface area contributed by atoms with Crippen molar-refractivity contribution < 1.29 is 44.7 Å².